The summed E-state index contributed by atoms with van der Waals surface area (Å²) in [6.07, 6.45) is 3.53. The van der Waals surface area contributed by atoms with E-state index >= 15 is 0 Å². The highest BCUT2D eigenvalue weighted by molar-refractivity contribution is 7.99. The second kappa shape index (κ2) is 8.39. The summed E-state index contributed by atoms with van der Waals surface area (Å²) in [4.78, 5) is 19.0. The van der Waals surface area contributed by atoms with E-state index in [0.29, 0.717) is 11.9 Å². The van der Waals surface area contributed by atoms with Crippen LogP contribution >= 0.6 is 11.8 Å². The number of carbonyl (C=O) groups is 1. The highest BCUT2D eigenvalue weighted by Crippen LogP contribution is 2.37. The molecule has 1 aliphatic rings. The van der Waals surface area contributed by atoms with E-state index in [2.05, 4.69) is 24.9 Å². The number of carbonyl (C=O) groups excluding carboxylic acids is 1. The lowest BCUT2D eigenvalue weighted by Crippen LogP contribution is -2.31. The minimum Gasteiger partial charge on any atom is -0.445 e. The summed E-state index contributed by atoms with van der Waals surface area (Å²) < 4.78 is 5.54. The largest absolute Gasteiger partial charge is 0.445 e. The first-order valence-electron chi connectivity index (χ1n) is 8.74. The lowest BCUT2D eigenvalue weighted by molar-refractivity contribution is 0.0916. The number of likely N-dealkylation sites (tertiary alicyclic amines) is 1. The van der Waals surface area contributed by atoms with E-state index in [1.807, 2.05) is 47.5 Å². The molecule has 0 saturated carbocycles. The number of ether oxygens (including phenoxy) is 1. The van der Waals surface area contributed by atoms with Gasteiger partial charge in [-0.05, 0) is 24.5 Å². The van der Waals surface area contributed by atoms with Crippen molar-refractivity contribution in [2.75, 3.05) is 6.54 Å². The van der Waals surface area contributed by atoms with Crippen LogP contribution in [0.4, 0.5) is 4.79 Å². The van der Waals surface area contributed by atoms with Crippen molar-refractivity contribution < 1.29 is 9.53 Å². The van der Waals surface area contributed by atoms with Crippen molar-refractivity contribution in [3.05, 3.63) is 59.8 Å². The summed E-state index contributed by atoms with van der Waals surface area (Å²) in [5.74, 6) is 0. The third kappa shape index (κ3) is 4.54. The van der Waals surface area contributed by atoms with E-state index in [-0.39, 0.29) is 12.1 Å². The molecule has 5 heteroatoms. The van der Waals surface area contributed by atoms with E-state index < -0.39 is 0 Å². The molecule has 1 amide bonds. The third-order valence-electron chi connectivity index (χ3n) is 4.20. The van der Waals surface area contributed by atoms with Crippen LogP contribution in [0, 0.1) is 0 Å². The summed E-state index contributed by atoms with van der Waals surface area (Å²) in [6.45, 7) is 5.36. The van der Waals surface area contributed by atoms with Crippen molar-refractivity contribution in [3.8, 4) is 0 Å². The first-order valence-corrected chi connectivity index (χ1v) is 9.62. The molecule has 0 N–H and O–H groups in total. The molecule has 2 heterocycles. The van der Waals surface area contributed by atoms with Gasteiger partial charge in [-0.25, -0.2) is 9.78 Å². The molecular formula is C20H24N2O2S. The Kier molecular flexibility index (Phi) is 5.97. The zero-order valence-electron chi connectivity index (χ0n) is 14.7. The number of thioether (sulfide) groups is 1. The van der Waals surface area contributed by atoms with E-state index in [1.54, 1.807) is 11.8 Å². The fourth-order valence-corrected chi connectivity index (χ4v) is 4.00. The molecule has 0 aliphatic carbocycles. The van der Waals surface area contributed by atoms with Crippen LogP contribution in [-0.2, 0) is 11.3 Å². The molecule has 3 rings (SSSR count). The topological polar surface area (TPSA) is 42.4 Å². The van der Waals surface area contributed by atoms with Gasteiger partial charge < -0.3 is 9.64 Å². The Balaban J connectivity index is 1.71. The minimum absolute atomic E-state index is 0.0539. The molecule has 0 radical (unpaired) electrons. The normalized spacial score (nSPS) is 17.1. The van der Waals surface area contributed by atoms with Crippen molar-refractivity contribution in [2.45, 2.75) is 49.6 Å². The summed E-state index contributed by atoms with van der Waals surface area (Å²) in [7, 11) is 0. The number of pyridine rings is 1. The minimum atomic E-state index is -0.240. The Labute approximate surface area is 153 Å². The second-order valence-electron chi connectivity index (χ2n) is 6.46. The molecule has 1 atom stereocenters. The van der Waals surface area contributed by atoms with E-state index in [0.717, 1.165) is 35.5 Å². The average Bonchev–Trinajstić information content (AvgIpc) is 3.10. The van der Waals surface area contributed by atoms with Gasteiger partial charge in [0.05, 0.1) is 6.04 Å². The molecule has 25 heavy (non-hydrogen) atoms. The van der Waals surface area contributed by atoms with Gasteiger partial charge in [-0.1, -0.05) is 50.2 Å². The number of amides is 1. The van der Waals surface area contributed by atoms with Gasteiger partial charge in [-0.2, -0.15) is 0 Å². The standard InChI is InChI=1S/C20H24N2O2S/c1-15(2)25-19-17(10-6-12-21-19)18-11-7-13-22(18)20(23)24-14-16-8-4-3-5-9-16/h3-6,8-10,12,15,18H,7,11,13-14H2,1-2H3. The molecular weight excluding hydrogens is 332 g/mol. The van der Waals surface area contributed by atoms with Gasteiger partial charge in [-0.15, -0.1) is 11.8 Å². The van der Waals surface area contributed by atoms with Crippen LogP contribution in [0.2, 0.25) is 0 Å². The number of hydrogen-bond donors (Lipinski definition) is 0. The Morgan fingerprint density at radius 1 is 1.28 bits per heavy atom. The van der Waals surface area contributed by atoms with Gasteiger partial charge in [0, 0.05) is 23.6 Å². The molecule has 1 aromatic heterocycles. The molecule has 0 spiro atoms. The lowest BCUT2D eigenvalue weighted by Gasteiger charge is -2.25. The molecule has 1 aliphatic heterocycles. The van der Waals surface area contributed by atoms with Crippen LogP contribution in [-0.4, -0.2) is 27.8 Å². The van der Waals surface area contributed by atoms with Gasteiger partial charge in [-0.3, -0.25) is 0 Å². The SMILES string of the molecule is CC(C)Sc1ncccc1C1CCCN1C(=O)OCc1ccccc1. The van der Waals surface area contributed by atoms with Gasteiger partial charge in [0.15, 0.2) is 0 Å². The molecule has 2 aromatic rings. The van der Waals surface area contributed by atoms with Crippen LogP contribution in [0.5, 0.6) is 0 Å². The number of hydrogen-bond acceptors (Lipinski definition) is 4. The summed E-state index contributed by atoms with van der Waals surface area (Å²) >= 11 is 1.75. The van der Waals surface area contributed by atoms with Crippen LogP contribution in [0.15, 0.2) is 53.7 Å². The predicted molar refractivity (Wildman–Crippen MR) is 101 cm³/mol. The van der Waals surface area contributed by atoms with Crippen molar-refractivity contribution in [3.63, 3.8) is 0 Å². The maximum Gasteiger partial charge on any atom is 0.410 e. The molecule has 0 bridgehead atoms. The fourth-order valence-electron chi connectivity index (χ4n) is 3.09. The van der Waals surface area contributed by atoms with Crippen LogP contribution in [0.1, 0.15) is 43.9 Å². The van der Waals surface area contributed by atoms with Crippen LogP contribution in [0.25, 0.3) is 0 Å². The number of rotatable bonds is 5. The van der Waals surface area contributed by atoms with Gasteiger partial charge in [0.25, 0.3) is 0 Å². The zero-order chi connectivity index (χ0) is 17.6. The fraction of sp³-hybridized carbons (Fsp3) is 0.400. The van der Waals surface area contributed by atoms with Gasteiger partial charge in [0.2, 0.25) is 0 Å². The first kappa shape index (κ1) is 17.8. The third-order valence-corrected chi connectivity index (χ3v) is 5.24. The monoisotopic (exact) mass is 356 g/mol. The van der Waals surface area contributed by atoms with Gasteiger partial charge in [0.1, 0.15) is 11.6 Å². The highest BCUT2D eigenvalue weighted by Gasteiger charge is 2.33. The summed E-state index contributed by atoms with van der Waals surface area (Å²) in [5.41, 5.74) is 2.14. The lowest BCUT2D eigenvalue weighted by atomic mass is 10.1. The molecule has 4 nitrogen and oxygen atoms in total. The number of aromatic nitrogens is 1. The Morgan fingerprint density at radius 2 is 2.08 bits per heavy atom. The maximum absolute atomic E-state index is 12.6. The van der Waals surface area contributed by atoms with E-state index in [4.69, 9.17) is 4.74 Å². The zero-order valence-corrected chi connectivity index (χ0v) is 15.5. The average molecular weight is 356 g/mol. The number of benzene rings is 1. The highest BCUT2D eigenvalue weighted by atomic mass is 32.2. The summed E-state index contributed by atoms with van der Waals surface area (Å²) in [5, 5.41) is 1.47. The van der Waals surface area contributed by atoms with Crippen LogP contribution in [0.3, 0.4) is 0 Å². The smallest absolute Gasteiger partial charge is 0.410 e. The van der Waals surface area contributed by atoms with Crippen molar-refractivity contribution in [1.82, 2.24) is 9.88 Å². The molecule has 132 valence electrons. The van der Waals surface area contributed by atoms with Crippen LogP contribution < -0.4 is 0 Å². The quantitative estimate of drug-likeness (QED) is 0.703. The first-order chi connectivity index (χ1) is 12.1. The maximum atomic E-state index is 12.6. The summed E-state index contributed by atoms with van der Waals surface area (Å²) in [6, 6.07) is 13.9. The molecule has 1 fully saturated rings. The van der Waals surface area contributed by atoms with Gasteiger partial charge >= 0.3 is 6.09 Å². The van der Waals surface area contributed by atoms with Crippen molar-refractivity contribution >= 4 is 17.9 Å². The number of nitrogens with zero attached hydrogens (tertiary/aromatic N) is 2. The van der Waals surface area contributed by atoms with E-state index in [9.17, 15) is 4.79 Å². The van der Waals surface area contributed by atoms with E-state index in [1.165, 1.54) is 0 Å². The molecule has 1 unspecified atom stereocenters. The predicted octanol–water partition coefficient (Wildman–Crippen LogP) is 5.06. The van der Waals surface area contributed by atoms with Crippen molar-refractivity contribution in [2.24, 2.45) is 0 Å². The Bertz CT molecular complexity index is 706. The second-order valence-corrected chi connectivity index (χ2v) is 8.02. The molecule has 1 aromatic carbocycles. The van der Waals surface area contributed by atoms with Crippen molar-refractivity contribution in [1.29, 1.82) is 0 Å². The Morgan fingerprint density at radius 3 is 2.84 bits per heavy atom. The molecule has 1 saturated heterocycles. The Hall–Kier alpha value is -2.01.